The van der Waals surface area contributed by atoms with Gasteiger partial charge >= 0.3 is 0 Å². The molecular weight excluding hydrogens is 290 g/mol. The molecule has 1 N–H and O–H groups in total. The first-order valence-corrected chi connectivity index (χ1v) is 8.34. The summed E-state index contributed by atoms with van der Waals surface area (Å²) >= 11 is 8.23. The summed E-state index contributed by atoms with van der Waals surface area (Å²) in [4.78, 5) is 3.39. The molecule has 1 fully saturated rings. The van der Waals surface area contributed by atoms with Gasteiger partial charge in [-0.15, -0.1) is 11.3 Å². The zero-order chi connectivity index (χ0) is 14.2. The van der Waals surface area contributed by atoms with Crippen LogP contribution in [0, 0.1) is 0 Å². The second-order valence-electron chi connectivity index (χ2n) is 5.94. The van der Waals surface area contributed by atoms with Gasteiger partial charge in [-0.05, 0) is 26.0 Å². The predicted octanol–water partition coefficient (Wildman–Crippen LogP) is 4.29. The van der Waals surface area contributed by atoms with Crippen molar-refractivity contribution in [3.8, 4) is 0 Å². The lowest BCUT2D eigenvalue weighted by atomic mass is 10.0. The van der Waals surface area contributed by atoms with E-state index >= 15 is 0 Å². The van der Waals surface area contributed by atoms with Gasteiger partial charge in [-0.2, -0.15) is 0 Å². The smallest absolute Gasteiger partial charge is 0.0774 e. The highest BCUT2D eigenvalue weighted by atomic mass is 35.5. The summed E-state index contributed by atoms with van der Waals surface area (Å²) in [6, 6.07) is 8.25. The highest BCUT2D eigenvalue weighted by Gasteiger charge is 2.32. The maximum absolute atomic E-state index is 10.5. The summed E-state index contributed by atoms with van der Waals surface area (Å²) < 4.78 is 1.24. The number of fused-ring (bicyclic) bond motifs is 1. The Morgan fingerprint density at radius 1 is 1.30 bits per heavy atom. The Bertz CT molecular complexity index is 604. The quantitative estimate of drug-likeness (QED) is 0.910. The highest BCUT2D eigenvalue weighted by molar-refractivity contribution is 7.19. The van der Waals surface area contributed by atoms with Crippen LogP contribution < -0.4 is 0 Å². The third-order valence-electron chi connectivity index (χ3n) is 4.11. The van der Waals surface area contributed by atoms with Crippen LogP contribution in [-0.2, 0) is 6.54 Å². The number of thiophene rings is 1. The number of rotatable bonds is 4. The Balaban J connectivity index is 1.74. The SMILES string of the molecule is CN(Cc1sc2ccccc2c1Cl)CC1(O)CCCC1. The number of halogens is 1. The minimum Gasteiger partial charge on any atom is -0.389 e. The maximum Gasteiger partial charge on any atom is 0.0774 e. The Hall–Kier alpha value is -0.610. The molecule has 0 amide bonds. The van der Waals surface area contributed by atoms with Gasteiger partial charge in [-0.3, -0.25) is 4.90 Å². The van der Waals surface area contributed by atoms with Crippen LogP contribution in [0.15, 0.2) is 24.3 Å². The fourth-order valence-electron chi connectivity index (χ4n) is 3.16. The molecule has 4 heteroatoms. The van der Waals surface area contributed by atoms with Crippen molar-refractivity contribution < 1.29 is 5.11 Å². The van der Waals surface area contributed by atoms with Gasteiger partial charge in [0.1, 0.15) is 0 Å². The van der Waals surface area contributed by atoms with Crippen molar-refractivity contribution in [1.29, 1.82) is 0 Å². The van der Waals surface area contributed by atoms with E-state index in [1.54, 1.807) is 11.3 Å². The molecule has 2 aromatic rings. The Morgan fingerprint density at radius 2 is 2.00 bits per heavy atom. The highest BCUT2D eigenvalue weighted by Crippen LogP contribution is 2.36. The predicted molar refractivity (Wildman–Crippen MR) is 86.6 cm³/mol. The average Bonchev–Trinajstić information content (AvgIpc) is 2.96. The van der Waals surface area contributed by atoms with E-state index in [9.17, 15) is 5.11 Å². The number of hydrogen-bond acceptors (Lipinski definition) is 3. The lowest BCUT2D eigenvalue weighted by molar-refractivity contribution is 0.0147. The molecule has 1 aliphatic rings. The number of hydrogen-bond donors (Lipinski definition) is 1. The van der Waals surface area contributed by atoms with Crippen molar-refractivity contribution in [2.45, 2.75) is 37.8 Å². The van der Waals surface area contributed by atoms with Gasteiger partial charge in [0.15, 0.2) is 0 Å². The Kier molecular flexibility index (Phi) is 4.04. The van der Waals surface area contributed by atoms with Crippen LogP contribution in [0.25, 0.3) is 10.1 Å². The molecule has 1 aromatic carbocycles. The molecule has 0 saturated heterocycles. The molecule has 20 heavy (non-hydrogen) atoms. The first kappa shape index (κ1) is 14.3. The summed E-state index contributed by atoms with van der Waals surface area (Å²) in [7, 11) is 2.07. The van der Waals surface area contributed by atoms with Crippen LogP contribution in [0.2, 0.25) is 5.02 Å². The molecule has 2 nitrogen and oxygen atoms in total. The molecule has 1 saturated carbocycles. The van der Waals surface area contributed by atoms with Gasteiger partial charge in [0, 0.05) is 28.1 Å². The van der Waals surface area contributed by atoms with E-state index < -0.39 is 5.60 Å². The van der Waals surface area contributed by atoms with Crippen LogP contribution in [0.1, 0.15) is 30.6 Å². The zero-order valence-corrected chi connectivity index (χ0v) is 13.3. The molecule has 1 aliphatic carbocycles. The van der Waals surface area contributed by atoms with Crippen LogP contribution >= 0.6 is 22.9 Å². The molecule has 0 unspecified atom stereocenters. The fraction of sp³-hybridized carbons (Fsp3) is 0.500. The van der Waals surface area contributed by atoms with E-state index in [-0.39, 0.29) is 0 Å². The molecule has 108 valence electrons. The minimum atomic E-state index is -0.488. The van der Waals surface area contributed by atoms with Gasteiger partial charge in [-0.1, -0.05) is 42.6 Å². The van der Waals surface area contributed by atoms with Crippen LogP contribution in [0.5, 0.6) is 0 Å². The van der Waals surface area contributed by atoms with Crippen molar-refractivity contribution in [3.63, 3.8) is 0 Å². The number of likely N-dealkylation sites (N-methyl/N-ethyl adjacent to an activating group) is 1. The van der Waals surface area contributed by atoms with E-state index in [0.29, 0.717) is 0 Å². The first-order valence-electron chi connectivity index (χ1n) is 7.14. The molecule has 3 rings (SSSR count). The van der Waals surface area contributed by atoms with Gasteiger partial charge in [0.2, 0.25) is 0 Å². The second-order valence-corrected chi connectivity index (χ2v) is 7.45. The first-order chi connectivity index (χ1) is 9.57. The van der Waals surface area contributed by atoms with Crippen LogP contribution in [-0.4, -0.2) is 29.2 Å². The lowest BCUT2D eigenvalue weighted by Gasteiger charge is -2.28. The molecule has 0 radical (unpaired) electrons. The molecule has 1 aromatic heterocycles. The van der Waals surface area contributed by atoms with Gasteiger partial charge in [0.05, 0.1) is 10.6 Å². The topological polar surface area (TPSA) is 23.5 Å². The Labute approximate surface area is 129 Å². The molecule has 0 spiro atoms. The number of aliphatic hydroxyl groups is 1. The maximum atomic E-state index is 10.5. The third-order valence-corrected chi connectivity index (χ3v) is 5.81. The minimum absolute atomic E-state index is 0.488. The average molecular weight is 310 g/mol. The number of nitrogens with zero attached hydrogens (tertiary/aromatic N) is 1. The van der Waals surface area contributed by atoms with E-state index in [0.717, 1.165) is 49.2 Å². The summed E-state index contributed by atoms with van der Waals surface area (Å²) in [5.41, 5.74) is -0.488. The lowest BCUT2D eigenvalue weighted by Crippen LogP contribution is -2.38. The number of benzene rings is 1. The molecule has 0 atom stereocenters. The fourth-order valence-corrected chi connectivity index (χ4v) is 4.73. The van der Waals surface area contributed by atoms with E-state index in [1.807, 2.05) is 12.1 Å². The van der Waals surface area contributed by atoms with Gasteiger partial charge in [-0.25, -0.2) is 0 Å². The van der Waals surface area contributed by atoms with E-state index in [4.69, 9.17) is 11.6 Å². The van der Waals surface area contributed by atoms with Crippen molar-refractivity contribution in [1.82, 2.24) is 4.90 Å². The monoisotopic (exact) mass is 309 g/mol. The standard InChI is InChI=1S/C16H20ClNOS/c1-18(11-16(19)8-4-5-9-16)10-14-15(17)12-6-2-3-7-13(12)20-14/h2-3,6-7,19H,4-5,8-11H2,1H3. The van der Waals surface area contributed by atoms with Crippen molar-refractivity contribution in [2.24, 2.45) is 0 Å². The van der Waals surface area contributed by atoms with Crippen LogP contribution in [0.3, 0.4) is 0 Å². The third kappa shape index (κ3) is 2.86. The molecule has 0 aliphatic heterocycles. The Morgan fingerprint density at radius 3 is 2.70 bits per heavy atom. The molecule has 0 bridgehead atoms. The van der Waals surface area contributed by atoms with Crippen molar-refractivity contribution in [2.75, 3.05) is 13.6 Å². The van der Waals surface area contributed by atoms with Crippen LogP contribution in [0.4, 0.5) is 0 Å². The normalized spacial score (nSPS) is 18.2. The van der Waals surface area contributed by atoms with Crippen molar-refractivity contribution >= 4 is 33.0 Å². The largest absolute Gasteiger partial charge is 0.389 e. The van der Waals surface area contributed by atoms with Crippen molar-refractivity contribution in [3.05, 3.63) is 34.2 Å². The van der Waals surface area contributed by atoms with Gasteiger partial charge in [0.25, 0.3) is 0 Å². The summed E-state index contributed by atoms with van der Waals surface area (Å²) in [6.45, 7) is 1.54. The molecule has 1 heterocycles. The van der Waals surface area contributed by atoms with E-state index in [2.05, 4.69) is 24.1 Å². The molecular formula is C16H20ClNOS. The van der Waals surface area contributed by atoms with E-state index in [1.165, 1.54) is 9.58 Å². The second kappa shape index (κ2) is 5.64. The zero-order valence-electron chi connectivity index (χ0n) is 11.7. The summed E-state index contributed by atoms with van der Waals surface area (Å²) in [5, 5.41) is 12.5. The summed E-state index contributed by atoms with van der Waals surface area (Å²) in [5.74, 6) is 0. The van der Waals surface area contributed by atoms with Gasteiger partial charge < -0.3 is 5.11 Å². The summed E-state index contributed by atoms with van der Waals surface area (Å²) in [6.07, 6.45) is 4.15.